The minimum atomic E-state index is 0.660. The third kappa shape index (κ3) is 6.01. The van der Waals surface area contributed by atoms with E-state index < -0.39 is 0 Å². The van der Waals surface area contributed by atoms with Crippen LogP contribution in [0.15, 0.2) is 24.3 Å². The van der Waals surface area contributed by atoms with E-state index in [0.29, 0.717) is 5.11 Å². The van der Waals surface area contributed by atoms with Crippen LogP contribution < -0.4 is 21.3 Å². The van der Waals surface area contributed by atoms with E-state index in [9.17, 15) is 0 Å². The lowest BCUT2D eigenvalue weighted by atomic mass is 10.1. The first-order chi connectivity index (χ1) is 14.1. The summed E-state index contributed by atoms with van der Waals surface area (Å²) in [5.74, 6) is 1.08. The predicted molar refractivity (Wildman–Crippen MR) is 128 cm³/mol. The van der Waals surface area contributed by atoms with Crippen LogP contribution >= 0.6 is 12.2 Å². The molecular weight excluding hydrogens is 380 g/mol. The Morgan fingerprint density at radius 3 is 2.66 bits per heavy atom. The van der Waals surface area contributed by atoms with Gasteiger partial charge in [-0.25, -0.2) is 4.98 Å². The smallest absolute Gasteiger partial charge is 0.170 e. The number of nitrogens with one attached hydrogen (secondary N) is 2. The van der Waals surface area contributed by atoms with Crippen LogP contribution in [0.1, 0.15) is 31.7 Å². The van der Waals surface area contributed by atoms with Crippen LogP contribution in [0.3, 0.4) is 0 Å². The highest BCUT2D eigenvalue weighted by molar-refractivity contribution is 7.80. The van der Waals surface area contributed by atoms with Gasteiger partial charge in [-0.05, 0) is 74.9 Å². The maximum absolute atomic E-state index is 5.53. The normalized spacial score (nSPS) is 14.9. The quantitative estimate of drug-likeness (QED) is 0.453. The number of fused-ring (bicyclic) bond motifs is 1. The standard InChI is InChI=1S/C22H34N6S/c1-3-27-11-13-28(14-12-27)21-15-17(2)19-16-18(7-8-20(19)26-21)25-22(29)24-10-6-4-5-9-23/h7-8,15-16H,3-6,9-14,23H2,1-2H3,(H2,24,25,29). The fourth-order valence-corrected chi connectivity index (χ4v) is 3.95. The number of piperazine rings is 1. The summed E-state index contributed by atoms with van der Waals surface area (Å²) in [6.07, 6.45) is 3.27. The summed E-state index contributed by atoms with van der Waals surface area (Å²) in [5.41, 5.74) is 8.79. The van der Waals surface area contributed by atoms with E-state index >= 15 is 0 Å². The van der Waals surface area contributed by atoms with Crippen molar-refractivity contribution in [1.29, 1.82) is 0 Å². The van der Waals surface area contributed by atoms with Crippen LogP contribution in [0.4, 0.5) is 11.5 Å². The van der Waals surface area contributed by atoms with Crippen LogP contribution in [0.25, 0.3) is 10.9 Å². The molecule has 1 aromatic heterocycles. The molecule has 158 valence electrons. The van der Waals surface area contributed by atoms with Gasteiger partial charge in [0.25, 0.3) is 0 Å². The Morgan fingerprint density at radius 1 is 1.14 bits per heavy atom. The molecule has 1 saturated heterocycles. The van der Waals surface area contributed by atoms with Gasteiger partial charge in [-0.1, -0.05) is 13.3 Å². The fraction of sp³-hybridized carbons (Fsp3) is 0.545. The summed E-state index contributed by atoms with van der Waals surface area (Å²) >= 11 is 5.42. The van der Waals surface area contributed by atoms with Crippen LogP contribution in [0, 0.1) is 6.92 Å². The third-order valence-corrected chi connectivity index (χ3v) is 5.82. The number of anilines is 2. The van der Waals surface area contributed by atoms with E-state index in [1.807, 2.05) is 0 Å². The molecule has 1 fully saturated rings. The highest BCUT2D eigenvalue weighted by Gasteiger charge is 2.17. The summed E-state index contributed by atoms with van der Waals surface area (Å²) in [4.78, 5) is 9.81. The molecule has 0 unspecified atom stereocenters. The molecule has 0 radical (unpaired) electrons. The first kappa shape index (κ1) is 21.7. The molecule has 2 heterocycles. The lowest BCUT2D eigenvalue weighted by Gasteiger charge is -2.35. The Kier molecular flexibility index (Phi) is 8.03. The summed E-state index contributed by atoms with van der Waals surface area (Å²) in [6.45, 7) is 11.4. The second-order valence-electron chi connectivity index (χ2n) is 7.68. The van der Waals surface area contributed by atoms with Gasteiger partial charge < -0.3 is 26.2 Å². The van der Waals surface area contributed by atoms with Crippen molar-refractivity contribution in [3.63, 3.8) is 0 Å². The SMILES string of the molecule is CCN1CCN(c2cc(C)c3cc(NC(=S)NCCCCCN)ccc3n2)CC1. The van der Waals surface area contributed by atoms with Crippen molar-refractivity contribution in [2.24, 2.45) is 5.73 Å². The zero-order valence-electron chi connectivity index (χ0n) is 17.7. The number of thiocarbonyl (C=S) groups is 1. The van der Waals surface area contributed by atoms with E-state index in [4.69, 9.17) is 22.9 Å². The average Bonchev–Trinajstić information content (AvgIpc) is 2.74. The minimum Gasteiger partial charge on any atom is -0.362 e. The highest BCUT2D eigenvalue weighted by atomic mass is 32.1. The number of aryl methyl sites for hydroxylation is 1. The second-order valence-corrected chi connectivity index (χ2v) is 8.09. The third-order valence-electron chi connectivity index (χ3n) is 5.57. The van der Waals surface area contributed by atoms with E-state index in [0.717, 1.165) is 87.5 Å². The molecule has 6 nitrogen and oxygen atoms in total. The van der Waals surface area contributed by atoms with Gasteiger partial charge in [0, 0.05) is 43.8 Å². The molecular formula is C22H34N6S. The monoisotopic (exact) mass is 414 g/mol. The molecule has 0 bridgehead atoms. The van der Waals surface area contributed by atoms with Crippen molar-refractivity contribution >= 4 is 39.7 Å². The number of hydrogen-bond acceptors (Lipinski definition) is 5. The van der Waals surface area contributed by atoms with E-state index in [2.05, 4.69) is 58.5 Å². The number of hydrogen-bond donors (Lipinski definition) is 3. The molecule has 1 aliphatic rings. The summed E-state index contributed by atoms with van der Waals surface area (Å²) in [5, 5.41) is 8.38. The van der Waals surface area contributed by atoms with Crippen LogP contribution in [0.5, 0.6) is 0 Å². The molecule has 2 aromatic rings. The number of aromatic nitrogens is 1. The number of unbranched alkanes of at least 4 members (excludes halogenated alkanes) is 2. The number of rotatable bonds is 8. The topological polar surface area (TPSA) is 69.5 Å². The number of pyridine rings is 1. The predicted octanol–water partition coefficient (Wildman–Crippen LogP) is 3.10. The molecule has 0 aliphatic carbocycles. The summed E-state index contributed by atoms with van der Waals surface area (Å²) in [7, 11) is 0. The highest BCUT2D eigenvalue weighted by Crippen LogP contribution is 2.26. The van der Waals surface area contributed by atoms with Crippen molar-refractivity contribution in [2.45, 2.75) is 33.1 Å². The molecule has 4 N–H and O–H groups in total. The molecule has 29 heavy (non-hydrogen) atoms. The van der Waals surface area contributed by atoms with Crippen LogP contribution in [-0.4, -0.2) is 60.8 Å². The minimum absolute atomic E-state index is 0.660. The van der Waals surface area contributed by atoms with Gasteiger partial charge in [0.15, 0.2) is 5.11 Å². The molecule has 0 saturated carbocycles. The molecule has 0 spiro atoms. The number of benzene rings is 1. The van der Waals surface area contributed by atoms with Crippen LogP contribution in [0.2, 0.25) is 0 Å². The number of likely N-dealkylation sites (N-methyl/N-ethyl adjacent to an activating group) is 1. The molecule has 7 heteroatoms. The Bertz CT molecular complexity index is 816. The van der Waals surface area contributed by atoms with E-state index in [-0.39, 0.29) is 0 Å². The second kappa shape index (κ2) is 10.7. The molecule has 1 aromatic carbocycles. The fourth-order valence-electron chi connectivity index (χ4n) is 3.73. The van der Waals surface area contributed by atoms with Gasteiger partial charge in [0.05, 0.1) is 5.52 Å². The van der Waals surface area contributed by atoms with Gasteiger partial charge in [0.2, 0.25) is 0 Å². The van der Waals surface area contributed by atoms with Crippen molar-refractivity contribution in [3.05, 3.63) is 29.8 Å². The Labute approximate surface area is 179 Å². The van der Waals surface area contributed by atoms with E-state index in [1.54, 1.807) is 0 Å². The number of nitrogens with two attached hydrogens (primary N) is 1. The first-order valence-electron chi connectivity index (χ1n) is 10.7. The molecule has 1 aliphatic heterocycles. The van der Waals surface area contributed by atoms with E-state index in [1.165, 1.54) is 5.56 Å². The Morgan fingerprint density at radius 2 is 1.93 bits per heavy atom. The maximum atomic E-state index is 5.53. The zero-order valence-corrected chi connectivity index (χ0v) is 18.5. The summed E-state index contributed by atoms with van der Waals surface area (Å²) in [6, 6.07) is 8.48. The van der Waals surface area contributed by atoms with Gasteiger partial charge >= 0.3 is 0 Å². The lowest BCUT2D eigenvalue weighted by molar-refractivity contribution is 0.270. The maximum Gasteiger partial charge on any atom is 0.170 e. The first-order valence-corrected chi connectivity index (χ1v) is 11.1. The van der Waals surface area contributed by atoms with Gasteiger partial charge in [-0.15, -0.1) is 0 Å². The van der Waals surface area contributed by atoms with Gasteiger partial charge in [-0.2, -0.15) is 0 Å². The lowest BCUT2D eigenvalue weighted by Crippen LogP contribution is -2.46. The zero-order chi connectivity index (χ0) is 20.6. The van der Waals surface area contributed by atoms with Crippen molar-refractivity contribution in [3.8, 4) is 0 Å². The van der Waals surface area contributed by atoms with Crippen molar-refractivity contribution in [1.82, 2.24) is 15.2 Å². The van der Waals surface area contributed by atoms with Crippen molar-refractivity contribution < 1.29 is 0 Å². The van der Waals surface area contributed by atoms with Crippen LogP contribution in [-0.2, 0) is 0 Å². The Hall–Kier alpha value is -1.96. The molecule has 3 rings (SSSR count). The molecule has 0 amide bonds. The van der Waals surface area contributed by atoms with Gasteiger partial charge in [-0.3, -0.25) is 0 Å². The van der Waals surface area contributed by atoms with Gasteiger partial charge in [0.1, 0.15) is 5.82 Å². The summed E-state index contributed by atoms with van der Waals surface area (Å²) < 4.78 is 0. The largest absolute Gasteiger partial charge is 0.362 e. The van der Waals surface area contributed by atoms with Crippen molar-refractivity contribution in [2.75, 3.05) is 56.0 Å². The average molecular weight is 415 g/mol. The molecule has 0 atom stereocenters. The Balaban J connectivity index is 1.63. The number of nitrogens with zero attached hydrogens (tertiary/aromatic N) is 3.